The third-order valence-corrected chi connectivity index (χ3v) is 3.49. The minimum Gasteiger partial charge on any atom is -0.478 e. The fourth-order valence-electron chi connectivity index (χ4n) is 2.45. The monoisotopic (exact) mass is 219 g/mol. The number of hydrogen-bond donors (Lipinski definition) is 2. The first-order chi connectivity index (χ1) is 7.70. The van der Waals surface area contributed by atoms with Crippen LogP contribution in [-0.4, -0.2) is 24.2 Å². The maximum atomic E-state index is 11.1. The zero-order valence-electron chi connectivity index (χ0n) is 9.44. The van der Waals surface area contributed by atoms with Gasteiger partial charge in [0.2, 0.25) is 0 Å². The third kappa shape index (κ3) is 2.09. The molecule has 2 N–H and O–H groups in total. The van der Waals surface area contributed by atoms with Gasteiger partial charge >= 0.3 is 5.97 Å². The topological polar surface area (TPSA) is 49.3 Å². The predicted molar refractivity (Wildman–Crippen MR) is 62.8 cm³/mol. The van der Waals surface area contributed by atoms with Gasteiger partial charge in [0.1, 0.15) is 0 Å². The molecule has 1 aliphatic rings. The molecule has 2 unspecified atom stereocenters. The molecule has 2 atom stereocenters. The van der Waals surface area contributed by atoms with Crippen LogP contribution >= 0.6 is 0 Å². The van der Waals surface area contributed by atoms with Crippen LogP contribution in [0, 0.1) is 5.92 Å². The van der Waals surface area contributed by atoms with Crippen molar-refractivity contribution in [3.05, 3.63) is 35.4 Å². The van der Waals surface area contributed by atoms with Crippen molar-refractivity contribution in [1.82, 2.24) is 5.32 Å². The molecule has 1 aliphatic heterocycles. The quantitative estimate of drug-likeness (QED) is 0.818. The van der Waals surface area contributed by atoms with E-state index in [2.05, 4.69) is 12.2 Å². The molecular weight excluding hydrogens is 202 g/mol. The maximum Gasteiger partial charge on any atom is 0.335 e. The van der Waals surface area contributed by atoms with Gasteiger partial charge in [-0.25, -0.2) is 4.79 Å². The molecule has 3 heteroatoms. The summed E-state index contributed by atoms with van der Waals surface area (Å²) in [4.78, 5) is 11.1. The number of aromatic carboxylic acids is 1. The van der Waals surface area contributed by atoms with Crippen molar-refractivity contribution in [1.29, 1.82) is 0 Å². The molecule has 1 saturated heterocycles. The van der Waals surface area contributed by atoms with Gasteiger partial charge in [-0.2, -0.15) is 0 Å². The van der Waals surface area contributed by atoms with Crippen LogP contribution in [0.4, 0.5) is 0 Å². The first kappa shape index (κ1) is 11.1. The number of rotatable bonds is 3. The van der Waals surface area contributed by atoms with Crippen LogP contribution in [0.15, 0.2) is 24.3 Å². The molecule has 3 nitrogen and oxygen atoms in total. The van der Waals surface area contributed by atoms with Gasteiger partial charge in [-0.3, -0.25) is 0 Å². The van der Waals surface area contributed by atoms with E-state index in [0.29, 0.717) is 17.4 Å². The highest BCUT2D eigenvalue weighted by atomic mass is 16.4. The molecule has 1 aromatic carbocycles. The highest BCUT2D eigenvalue weighted by molar-refractivity contribution is 5.89. The average Bonchev–Trinajstić information content (AvgIpc) is 2.81. The van der Waals surface area contributed by atoms with Crippen LogP contribution in [0.5, 0.6) is 0 Å². The Hall–Kier alpha value is -1.35. The van der Waals surface area contributed by atoms with Gasteiger partial charge < -0.3 is 10.4 Å². The lowest BCUT2D eigenvalue weighted by Crippen LogP contribution is -2.16. The van der Waals surface area contributed by atoms with Crippen molar-refractivity contribution in [3.8, 4) is 0 Å². The zero-order chi connectivity index (χ0) is 11.5. The number of carboxylic acids is 1. The Kier molecular flexibility index (Phi) is 3.25. The Balaban J connectivity index is 2.27. The van der Waals surface area contributed by atoms with Crippen molar-refractivity contribution < 1.29 is 9.90 Å². The molecule has 0 spiro atoms. The van der Waals surface area contributed by atoms with E-state index in [9.17, 15) is 4.79 Å². The van der Waals surface area contributed by atoms with E-state index in [1.807, 2.05) is 12.1 Å². The molecule has 0 saturated carbocycles. The Bertz CT molecular complexity index is 383. The lowest BCUT2D eigenvalue weighted by molar-refractivity contribution is 0.0695. The fourth-order valence-corrected chi connectivity index (χ4v) is 2.45. The second-order valence-corrected chi connectivity index (χ2v) is 4.43. The van der Waals surface area contributed by atoms with Crippen LogP contribution in [0.3, 0.4) is 0 Å². The molecule has 0 radical (unpaired) electrons. The smallest absolute Gasteiger partial charge is 0.335 e. The van der Waals surface area contributed by atoms with Crippen LogP contribution in [0.1, 0.15) is 35.2 Å². The summed E-state index contributed by atoms with van der Waals surface area (Å²) in [5, 5.41) is 12.5. The summed E-state index contributed by atoms with van der Waals surface area (Å²) in [5.41, 5.74) is 1.41. The summed E-state index contributed by atoms with van der Waals surface area (Å²) in [7, 11) is 0. The Morgan fingerprint density at radius 1 is 1.50 bits per heavy atom. The van der Waals surface area contributed by atoms with E-state index in [1.165, 1.54) is 0 Å². The number of carboxylic acid groups (broad SMARTS) is 1. The molecule has 0 bridgehead atoms. The molecular formula is C13H17NO2. The lowest BCUT2D eigenvalue weighted by Gasteiger charge is -2.20. The van der Waals surface area contributed by atoms with Crippen LogP contribution in [-0.2, 0) is 0 Å². The standard InChI is InChI=1S/C13H17NO2/c1-9(10-6-7-14-8-10)11-4-2-3-5-12(11)13(15)16/h2-5,9-10,14H,6-8H2,1H3,(H,15,16). The van der Waals surface area contributed by atoms with Gasteiger partial charge in [-0.1, -0.05) is 25.1 Å². The first-order valence-electron chi connectivity index (χ1n) is 5.73. The van der Waals surface area contributed by atoms with Crippen LogP contribution < -0.4 is 5.32 Å². The third-order valence-electron chi connectivity index (χ3n) is 3.49. The van der Waals surface area contributed by atoms with Crippen molar-refractivity contribution in [3.63, 3.8) is 0 Å². The highest BCUT2D eigenvalue weighted by Gasteiger charge is 2.25. The minimum absolute atomic E-state index is 0.308. The van der Waals surface area contributed by atoms with Gasteiger partial charge in [0.15, 0.2) is 0 Å². The first-order valence-corrected chi connectivity index (χ1v) is 5.73. The number of nitrogens with one attached hydrogen (secondary N) is 1. The second kappa shape index (κ2) is 4.66. The molecule has 86 valence electrons. The van der Waals surface area contributed by atoms with Gasteiger partial charge in [-0.05, 0) is 43.0 Å². The highest BCUT2D eigenvalue weighted by Crippen LogP contribution is 2.30. The summed E-state index contributed by atoms with van der Waals surface area (Å²) in [6, 6.07) is 7.33. The van der Waals surface area contributed by atoms with Crippen molar-refractivity contribution >= 4 is 5.97 Å². The minimum atomic E-state index is -0.826. The molecule has 2 rings (SSSR count). The Morgan fingerprint density at radius 2 is 2.25 bits per heavy atom. The average molecular weight is 219 g/mol. The van der Waals surface area contributed by atoms with Gasteiger partial charge in [0, 0.05) is 0 Å². The number of hydrogen-bond acceptors (Lipinski definition) is 2. The summed E-state index contributed by atoms with van der Waals surface area (Å²) in [6.07, 6.45) is 1.13. The Labute approximate surface area is 95.5 Å². The van der Waals surface area contributed by atoms with E-state index in [4.69, 9.17) is 5.11 Å². The van der Waals surface area contributed by atoms with Crippen LogP contribution in [0.2, 0.25) is 0 Å². The van der Waals surface area contributed by atoms with Gasteiger partial charge in [0.05, 0.1) is 5.56 Å². The molecule has 16 heavy (non-hydrogen) atoms. The van der Waals surface area contributed by atoms with Crippen molar-refractivity contribution in [2.45, 2.75) is 19.3 Å². The fraction of sp³-hybridized carbons (Fsp3) is 0.462. The summed E-state index contributed by atoms with van der Waals surface area (Å²) < 4.78 is 0. The second-order valence-electron chi connectivity index (χ2n) is 4.43. The largest absolute Gasteiger partial charge is 0.478 e. The molecule has 1 fully saturated rings. The Morgan fingerprint density at radius 3 is 2.88 bits per heavy atom. The molecule has 1 aromatic rings. The van der Waals surface area contributed by atoms with E-state index in [0.717, 1.165) is 25.1 Å². The zero-order valence-corrected chi connectivity index (χ0v) is 9.44. The van der Waals surface area contributed by atoms with E-state index >= 15 is 0 Å². The van der Waals surface area contributed by atoms with E-state index in [1.54, 1.807) is 12.1 Å². The number of benzene rings is 1. The lowest BCUT2D eigenvalue weighted by atomic mass is 9.84. The normalized spacial score (nSPS) is 21.9. The summed E-state index contributed by atoms with van der Waals surface area (Å²) in [5.74, 6) is 0.0382. The van der Waals surface area contributed by atoms with Crippen molar-refractivity contribution in [2.24, 2.45) is 5.92 Å². The summed E-state index contributed by atoms with van der Waals surface area (Å²) in [6.45, 7) is 4.17. The molecule has 0 amide bonds. The molecule has 0 aromatic heterocycles. The van der Waals surface area contributed by atoms with E-state index < -0.39 is 5.97 Å². The van der Waals surface area contributed by atoms with Crippen LogP contribution in [0.25, 0.3) is 0 Å². The van der Waals surface area contributed by atoms with Gasteiger partial charge in [-0.15, -0.1) is 0 Å². The van der Waals surface area contributed by atoms with E-state index in [-0.39, 0.29) is 0 Å². The number of carbonyl (C=O) groups is 1. The molecule has 1 heterocycles. The predicted octanol–water partition coefficient (Wildman–Crippen LogP) is 2.10. The van der Waals surface area contributed by atoms with Crippen molar-refractivity contribution in [2.75, 3.05) is 13.1 Å². The maximum absolute atomic E-state index is 11.1. The summed E-state index contributed by atoms with van der Waals surface area (Å²) >= 11 is 0. The SMILES string of the molecule is CC(c1ccccc1C(=O)O)C1CCNC1. The van der Waals surface area contributed by atoms with Gasteiger partial charge in [0.25, 0.3) is 0 Å². The molecule has 0 aliphatic carbocycles.